The molecule has 26 heavy (non-hydrogen) atoms. The molecule has 0 bridgehead atoms. The predicted molar refractivity (Wildman–Crippen MR) is 88.2 cm³/mol. The number of furan rings is 1. The van der Waals surface area contributed by atoms with Crippen molar-refractivity contribution in [3.05, 3.63) is 58.5 Å². The van der Waals surface area contributed by atoms with Crippen LogP contribution < -0.4 is 0 Å². The van der Waals surface area contributed by atoms with Crippen LogP contribution in [-0.4, -0.2) is 41.1 Å². The van der Waals surface area contributed by atoms with Gasteiger partial charge in [0.05, 0.1) is 18.3 Å². The van der Waals surface area contributed by atoms with Crippen LogP contribution in [0.15, 0.2) is 34.7 Å². The maximum Gasteiger partial charge on any atom is 0.313 e. The highest BCUT2D eigenvalue weighted by atomic mass is 16.5. The molecule has 0 amide bonds. The Labute approximate surface area is 148 Å². The Morgan fingerprint density at radius 3 is 2.42 bits per heavy atom. The predicted octanol–water partition coefficient (Wildman–Crippen LogP) is 1.94. The summed E-state index contributed by atoms with van der Waals surface area (Å²) in [7, 11) is 0. The number of hydrogen-bond acceptors (Lipinski definition) is 7. The second-order valence-electron chi connectivity index (χ2n) is 6.02. The van der Waals surface area contributed by atoms with Gasteiger partial charge in [-0.2, -0.15) is 0 Å². The van der Waals surface area contributed by atoms with E-state index < -0.39 is 35.8 Å². The zero-order chi connectivity index (χ0) is 18.8. The number of hydrogen-bond donors (Lipinski definition) is 1. The first kappa shape index (κ1) is 17.8. The quantitative estimate of drug-likeness (QED) is 0.408. The number of benzene rings is 1. The van der Waals surface area contributed by atoms with Crippen molar-refractivity contribution in [3.63, 3.8) is 0 Å². The second kappa shape index (κ2) is 7.05. The maximum atomic E-state index is 12.5. The number of ether oxygens (including phenoxy) is 1. The molecule has 1 aliphatic rings. The van der Waals surface area contributed by atoms with E-state index in [4.69, 9.17) is 14.3 Å². The monoisotopic (exact) mass is 356 g/mol. The Morgan fingerprint density at radius 2 is 1.77 bits per heavy atom. The van der Waals surface area contributed by atoms with Crippen LogP contribution >= 0.6 is 0 Å². The van der Waals surface area contributed by atoms with Crippen molar-refractivity contribution < 1.29 is 33.4 Å². The van der Waals surface area contributed by atoms with Crippen molar-refractivity contribution >= 4 is 23.3 Å². The van der Waals surface area contributed by atoms with Gasteiger partial charge in [0.1, 0.15) is 6.42 Å². The molecule has 0 aliphatic heterocycles. The lowest BCUT2D eigenvalue weighted by Crippen LogP contribution is -2.18. The van der Waals surface area contributed by atoms with Gasteiger partial charge < -0.3 is 14.3 Å². The minimum atomic E-state index is -0.772. The SMILES string of the molecule is CC(O)CCOC(=O)CC(=O)c1cc2c(o1)C(=O)c1ccccc1C2=O. The van der Waals surface area contributed by atoms with E-state index in [1.807, 2.05) is 0 Å². The normalized spacial score (nSPS) is 13.8. The Morgan fingerprint density at radius 1 is 1.12 bits per heavy atom. The first-order chi connectivity index (χ1) is 12.4. The molecule has 1 aromatic carbocycles. The standard InChI is InChI=1S/C19H16O7/c1-10(20)6-7-25-16(22)9-14(21)15-8-13-17(23)11-4-2-3-5-12(11)18(24)19(13)26-15/h2-5,8,10,20H,6-7,9H2,1H3. The van der Waals surface area contributed by atoms with Crippen LogP contribution in [0.3, 0.4) is 0 Å². The second-order valence-corrected chi connectivity index (χ2v) is 6.02. The molecule has 1 unspecified atom stereocenters. The average molecular weight is 356 g/mol. The number of esters is 1. The summed E-state index contributed by atoms with van der Waals surface area (Å²) >= 11 is 0. The number of carbonyl (C=O) groups excluding carboxylic acids is 4. The molecule has 2 aromatic rings. The summed E-state index contributed by atoms with van der Waals surface area (Å²) in [6, 6.07) is 7.52. The molecule has 0 saturated heterocycles. The van der Waals surface area contributed by atoms with Gasteiger partial charge in [0.15, 0.2) is 17.3 Å². The van der Waals surface area contributed by atoms with Gasteiger partial charge in [0, 0.05) is 17.5 Å². The average Bonchev–Trinajstić information content (AvgIpc) is 3.05. The van der Waals surface area contributed by atoms with Gasteiger partial charge in [-0.05, 0) is 13.0 Å². The largest absolute Gasteiger partial charge is 0.465 e. The van der Waals surface area contributed by atoms with Crippen LogP contribution in [0.2, 0.25) is 0 Å². The molecule has 0 spiro atoms. The zero-order valence-corrected chi connectivity index (χ0v) is 14.0. The van der Waals surface area contributed by atoms with E-state index in [0.717, 1.165) is 0 Å². The first-order valence-corrected chi connectivity index (χ1v) is 8.07. The van der Waals surface area contributed by atoms with Gasteiger partial charge in [-0.15, -0.1) is 0 Å². The lowest BCUT2D eigenvalue weighted by atomic mass is 9.88. The van der Waals surface area contributed by atoms with Crippen molar-refractivity contribution in [2.45, 2.75) is 25.9 Å². The van der Waals surface area contributed by atoms with Crippen LogP contribution in [0.5, 0.6) is 0 Å². The van der Waals surface area contributed by atoms with Crippen LogP contribution in [0.4, 0.5) is 0 Å². The lowest BCUT2D eigenvalue weighted by molar-refractivity contribution is -0.143. The Bertz CT molecular complexity index is 852. The molecule has 0 radical (unpaired) electrons. The van der Waals surface area contributed by atoms with E-state index in [9.17, 15) is 19.2 Å². The van der Waals surface area contributed by atoms with E-state index in [-0.39, 0.29) is 41.2 Å². The molecular formula is C19H16O7. The third-order valence-corrected chi connectivity index (χ3v) is 3.98. The number of ketones is 3. The zero-order valence-electron chi connectivity index (χ0n) is 14.0. The summed E-state index contributed by atoms with van der Waals surface area (Å²) in [5.74, 6) is -2.78. The van der Waals surface area contributed by atoms with Crippen LogP contribution in [0.25, 0.3) is 0 Å². The topological polar surface area (TPSA) is 111 Å². The fourth-order valence-corrected chi connectivity index (χ4v) is 2.62. The lowest BCUT2D eigenvalue weighted by Gasteiger charge is -2.11. The van der Waals surface area contributed by atoms with Gasteiger partial charge >= 0.3 is 5.97 Å². The smallest absolute Gasteiger partial charge is 0.313 e. The fraction of sp³-hybridized carbons (Fsp3) is 0.263. The van der Waals surface area contributed by atoms with Gasteiger partial charge in [0.2, 0.25) is 11.6 Å². The number of aliphatic hydroxyl groups is 1. The summed E-state index contributed by atoms with van der Waals surface area (Å²) in [4.78, 5) is 48.8. The molecule has 1 aliphatic carbocycles. The van der Waals surface area contributed by atoms with E-state index in [2.05, 4.69) is 0 Å². The highest BCUT2D eigenvalue weighted by Gasteiger charge is 2.34. The summed E-state index contributed by atoms with van der Waals surface area (Å²) in [6.07, 6.45) is -0.938. The minimum Gasteiger partial charge on any atom is -0.465 e. The number of Topliss-reactive ketones (excluding diaryl/α,β-unsaturated/α-hetero) is 1. The number of carbonyl (C=O) groups is 4. The number of rotatable bonds is 6. The summed E-state index contributed by atoms with van der Waals surface area (Å²) in [5.41, 5.74) is 0.484. The van der Waals surface area contributed by atoms with Crippen LogP contribution in [-0.2, 0) is 9.53 Å². The van der Waals surface area contributed by atoms with E-state index in [1.165, 1.54) is 18.2 Å². The molecule has 1 aromatic heterocycles. The van der Waals surface area contributed by atoms with Crippen molar-refractivity contribution in [1.29, 1.82) is 0 Å². The highest BCUT2D eigenvalue weighted by Crippen LogP contribution is 2.30. The molecule has 0 saturated carbocycles. The van der Waals surface area contributed by atoms with Gasteiger partial charge in [-0.1, -0.05) is 24.3 Å². The molecule has 7 heteroatoms. The Kier molecular flexibility index (Phi) is 4.81. The maximum absolute atomic E-state index is 12.5. The molecule has 3 rings (SSSR count). The van der Waals surface area contributed by atoms with Gasteiger partial charge in [-0.3, -0.25) is 19.2 Å². The third kappa shape index (κ3) is 3.34. The van der Waals surface area contributed by atoms with Crippen molar-refractivity contribution in [3.8, 4) is 0 Å². The Balaban J connectivity index is 1.76. The van der Waals surface area contributed by atoms with Crippen molar-refractivity contribution in [2.75, 3.05) is 6.61 Å². The summed E-state index contributed by atoms with van der Waals surface area (Å²) < 4.78 is 10.1. The van der Waals surface area contributed by atoms with E-state index >= 15 is 0 Å². The van der Waals surface area contributed by atoms with E-state index in [0.29, 0.717) is 0 Å². The van der Waals surface area contributed by atoms with Gasteiger partial charge in [-0.25, -0.2) is 0 Å². The highest BCUT2D eigenvalue weighted by molar-refractivity contribution is 6.28. The molecule has 1 N–H and O–H groups in total. The number of fused-ring (bicyclic) bond motifs is 2. The number of aliphatic hydroxyl groups excluding tert-OH is 1. The molecule has 0 fully saturated rings. The van der Waals surface area contributed by atoms with Crippen molar-refractivity contribution in [2.24, 2.45) is 0 Å². The Hall–Kier alpha value is -3.06. The van der Waals surface area contributed by atoms with Crippen molar-refractivity contribution in [1.82, 2.24) is 0 Å². The van der Waals surface area contributed by atoms with Gasteiger partial charge in [0.25, 0.3) is 0 Å². The molecular weight excluding hydrogens is 340 g/mol. The minimum absolute atomic E-state index is 0.00921. The molecule has 1 heterocycles. The summed E-state index contributed by atoms with van der Waals surface area (Å²) in [6.45, 7) is 1.54. The first-order valence-electron chi connectivity index (χ1n) is 8.07. The molecule has 134 valence electrons. The molecule has 7 nitrogen and oxygen atoms in total. The fourth-order valence-electron chi connectivity index (χ4n) is 2.62. The van der Waals surface area contributed by atoms with E-state index in [1.54, 1.807) is 19.1 Å². The van der Waals surface area contributed by atoms with Crippen LogP contribution in [0, 0.1) is 0 Å². The summed E-state index contributed by atoms with van der Waals surface area (Å²) in [5, 5.41) is 9.11. The molecule has 1 atom stereocenters. The van der Waals surface area contributed by atoms with Crippen LogP contribution in [0.1, 0.15) is 62.4 Å². The third-order valence-electron chi connectivity index (χ3n) is 3.98.